The molecule has 2 aromatic rings. The molecule has 0 atom stereocenters. The first kappa shape index (κ1) is 12.5. The fraction of sp³-hybridized carbons (Fsp3) is 0.250. The van der Waals surface area contributed by atoms with E-state index in [9.17, 15) is 0 Å². The number of nitrogens with two attached hydrogens (primary N) is 1. The summed E-state index contributed by atoms with van der Waals surface area (Å²) in [7, 11) is 0. The van der Waals surface area contributed by atoms with E-state index in [1.54, 1.807) is 11.3 Å². The average Bonchev–Trinajstić information content (AvgIpc) is 2.73. The Bertz CT molecular complexity index is 513. The molecule has 0 unspecified atom stereocenters. The van der Waals surface area contributed by atoms with E-state index in [0.717, 1.165) is 20.9 Å². The minimum absolute atomic E-state index is 0.394. The monoisotopic (exact) mass is 312 g/mol. The first-order valence-electron chi connectivity index (χ1n) is 5.22. The van der Waals surface area contributed by atoms with Crippen LogP contribution in [-0.4, -0.2) is 4.98 Å². The zero-order chi connectivity index (χ0) is 12.3. The van der Waals surface area contributed by atoms with Crippen LogP contribution in [0, 0.1) is 6.92 Å². The van der Waals surface area contributed by atoms with Crippen LogP contribution in [0.4, 0.5) is 0 Å². The number of hydrogen-bond donors (Lipinski definition) is 1. The highest BCUT2D eigenvalue weighted by molar-refractivity contribution is 9.11. The van der Waals surface area contributed by atoms with Gasteiger partial charge in [-0.05, 0) is 47.1 Å². The van der Waals surface area contributed by atoms with E-state index < -0.39 is 0 Å². The third kappa shape index (κ3) is 3.28. The number of nitrogens with zero attached hydrogens (tertiary/aromatic N) is 1. The van der Waals surface area contributed by atoms with Gasteiger partial charge < -0.3 is 10.5 Å². The maximum Gasteiger partial charge on any atom is 0.142 e. The van der Waals surface area contributed by atoms with E-state index in [1.165, 1.54) is 4.88 Å². The van der Waals surface area contributed by atoms with Crippen LogP contribution in [0.2, 0.25) is 0 Å². The van der Waals surface area contributed by atoms with Gasteiger partial charge in [0, 0.05) is 17.1 Å². The summed E-state index contributed by atoms with van der Waals surface area (Å²) in [5, 5.41) is 0. The smallest absolute Gasteiger partial charge is 0.142 e. The predicted octanol–water partition coefficient (Wildman–Crippen LogP) is 3.25. The van der Waals surface area contributed by atoms with E-state index in [1.807, 2.05) is 31.2 Å². The van der Waals surface area contributed by atoms with Crippen molar-refractivity contribution >= 4 is 27.3 Å². The van der Waals surface area contributed by atoms with Gasteiger partial charge in [-0.25, -0.2) is 0 Å². The number of halogens is 1. The van der Waals surface area contributed by atoms with Crippen molar-refractivity contribution in [2.24, 2.45) is 5.73 Å². The van der Waals surface area contributed by atoms with Gasteiger partial charge in [-0.15, -0.1) is 11.3 Å². The van der Waals surface area contributed by atoms with Crippen LogP contribution in [0.5, 0.6) is 5.75 Å². The second kappa shape index (κ2) is 5.62. The Hall–Kier alpha value is -0.910. The number of pyridine rings is 1. The van der Waals surface area contributed by atoms with Crippen molar-refractivity contribution in [3.8, 4) is 5.75 Å². The summed E-state index contributed by atoms with van der Waals surface area (Å²) in [6.07, 6.45) is 0. The van der Waals surface area contributed by atoms with Crippen LogP contribution in [0.3, 0.4) is 0 Å². The van der Waals surface area contributed by atoms with Gasteiger partial charge in [-0.2, -0.15) is 0 Å². The standard InChI is InChI=1S/C12H13BrN2OS/c1-8-2-4-11(10(6-14)15-8)16-7-9-3-5-12(13)17-9/h2-5H,6-7,14H2,1H3. The molecule has 0 spiro atoms. The summed E-state index contributed by atoms with van der Waals surface area (Å²) in [6, 6.07) is 7.91. The van der Waals surface area contributed by atoms with Gasteiger partial charge in [0.2, 0.25) is 0 Å². The van der Waals surface area contributed by atoms with Crippen LogP contribution in [-0.2, 0) is 13.2 Å². The lowest BCUT2D eigenvalue weighted by atomic mass is 10.3. The van der Waals surface area contributed by atoms with Gasteiger partial charge in [0.25, 0.3) is 0 Å². The summed E-state index contributed by atoms with van der Waals surface area (Å²) in [4.78, 5) is 5.52. The quantitative estimate of drug-likeness (QED) is 0.942. The molecule has 17 heavy (non-hydrogen) atoms. The van der Waals surface area contributed by atoms with Crippen molar-refractivity contribution < 1.29 is 4.74 Å². The van der Waals surface area contributed by atoms with Gasteiger partial charge in [0.15, 0.2) is 0 Å². The van der Waals surface area contributed by atoms with Crippen LogP contribution >= 0.6 is 27.3 Å². The van der Waals surface area contributed by atoms with Crippen molar-refractivity contribution in [2.45, 2.75) is 20.1 Å². The number of ether oxygens (including phenoxy) is 1. The molecular weight excluding hydrogens is 300 g/mol. The second-order valence-corrected chi connectivity index (χ2v) is 6.14. The maximum atomic E-state index is 5.73. The summed E-state index contributed by atoms with van der Waals surface area (Å²) in [5.41, 5.74) is 7.41. The molecule has 5 heteroatoms. The molecule has 0 aromatic carbocycles. The van der Waals surface area contributed by atoms with Crippen LogP contribution < -0.4 is 10.5 Å². The molecule has 0 aliphatic rings. The van der Waals surface area contributed by atoms with Crippen molar-refractivity contribution in [1.82, 2.24) is 4.98 Å². The Balaban J connectivity index is 2.08. The first-order valence-corrected chi connectivity index (χ1v) is 6.83. The highest BCUT2D eigenvalue weighted by Gasteiger charge is 2.05. The molecule has 0 fully saturated rings. The van der Waals surface area contributed by atoms with Crippen molar-refractivity contribution in [2.75, 3.05) is 0 Å². The molecule has 2 aromatic heterocycles. The molecule has 2 N–H and O–H groups in total. The Morgan fingerprint density at radius 1 is 1.35 bits per heavy atom. The minimum Gasteiger partial charge on any atom is -0.486 e. The lowest BCUT2D eigenvalue weighted by molar-refractivity contribution is 0.304. The zero-order valence-corrected chi connectivity index (χ0v) is 11.8. The van der Waals surface area contributed by atoms with Crippen molar-refractivity contribution in [1.29, 1.82) is 0 Å². The van der Waals surface area contributed by atoms with Crippen LogP contribution in [0.15, 0.2) is 28.1 Å². The fourth-order valence-corrected chi connectivity index (χ4v) is 2.85. The molecule has 3 nitrogen and oxygen atoms in total. The molecule has 0 saturated heterocycles. The Labute approximate surface area is 113 Å². The summed E-state index contributed by atoms with van der Waals surface area (Å²) >= 11 is 5.09. The van der Waals surface area contributed by atoms with Gasteiger partial charge in [-0.3, -0.25) is 4.98 Å². The molecule has 0 saturated carbocycles. The van der Waals surface area contributed by atoms with Gasteiger partial charge in [0.05, 0.1) is 9.48 Å². The van der Waals surface area contributed by atoms with Crippen molar-refractivity contribution in [3.05, 3.63) is 44.3 Å². The molecule has 2 heterocycles. The van der Waals surface area contributed by atoms with E-state index in [4.69, 9.17) is 10.5 Å². The maximum absolute atomic E-state index is 5.73. The van der Waals surface area contributed by atoms with E-state index in [0.29, 0.717) is 13.2 Å². The lowest BCUT2D eigenvalue weighted by Crippen LogP contribution is -2.05. The molecule has 90 valence electrons. The molecule has 0 aliphatic carbocycles. The van der Waals surface area contributed by atoms with Gasteiger partial charge in [0.1, 0.15) is 12.4 Å². The molecule has 0 bridgehead atoms. The highest BCUT2D eigenvalue weighted by atomic mass is 79.9. The number of rotatable bonds is 4. The van der Waals surface area contributed by atoms with Gasteiger partial charge in [-0.1, -0.05) is 0 Å². The highest BCUT2D eigenvalue weighted by Crippen LogP contribution is 2.24. The second-order valence-electron chi connectivity index (χ2n) is 3.60. The van der Waals surface area contributed by atoms with Crippen LogP contribution in [0.25, 0.3) is 0 Å². The van der Waals surface area contributed by atoms with Gasteiger partial charge >= 0.3 is 0 Å². The topological polar surface area (TPSA) is 48.1 Å². The normalized spacial score (nSPS) is 10.5. The third-order valence-corrected chi connectivity index (χ3v) is 3.86. The third-order valence-electron chi connectivity index (χ3n) is 2.26. The largest absolute Gasteiger partial charge is 0.486 e. The van der Waals surface area contributed by atoms with E-state index >= 15 is 0 Å². The Morgan fingerprint density at radius 2 is 2.18 bits per heavy atom. The number of aromatic nitrogens is 1. The van der Waals surface area contributed by atoms with Crippen LogP contribution in [0.1, 0.15) is 16.3 Å². The lowest BCUT2D eigenvalue weighted by Gasteiger charge is -2.09. The number of hydrogen-bond acceptors (Lipinski definition) is 4. The summed E-state index contributed by atoms with van der Waals surface area (Å²) in [6.45, 7) is 2.89. The summed E-state index contributed by atoms with van der Waals surface area (Å²) < 4.78 is 6.84. The molecule has 0 radical (unpaired) electrons. The molecule has 0 amide bonds. The Kier molecular flexibility index (Phi) is 4.15. The molecule has 0 aliphatic heterocycles. The average molecular weight is 313 g/mol. The molecule has 2 rings (SSSR count). The SMILES string of the molecule is Cc1ccc(OCc2ccc(Br)s2)c(CN)n1. The fourth-order valence-electron chi connectivity index (χ4n) is 1.45. The number of thiophene rings is 1. The van der Waals surface area contributed by atoms with E-state index in [-0.39, 0.29) is 0 Å². The van der Waals surface area contributed by atoms with E-state index in [2.05, 4.69) is 20.9 Å². The molecular formula is C12H13BrN2OS. The Morgan fingerprint density at radius 3 is 2.82 bits per heavy atom. The minimum atomic E-state index is 0.394. The first-order chi connectivity index (χ1) is 8.19. The predicted molar refractivity (Wildman–Crippen MR) is 73.2 cm³/mol. The number of aryl methyl sites for hydroxylation is 1. The summed E-state index contributed by atoms with van der Waals surface area (Å²) in [5.74, 6) is 0.766. The van der Waals surface area contributed by atoms with Crippen molar-refractivity contribution in [3.63, 3.8) is 0 Å². The zero-order valence-electron chi connectivity index (χ0n) is 9.44.